The molecule has 0 saturated carbocycles. The van der Waals surface area contributed by atoms with Crippen LogP contribution in [0.2, 0.25) is 0 Å². The summed E-state index contributed by atoms with van der Waals surface area (Å²) < 4.78 is 0. The molecule has 0 fully saturated rings. The lowest BCUT2D eigenvalue weighted by Crippen LogP contribution is -2.40. The summed E-state index contributed by atoms with van der Waals surface area (Å²) in [6, 6.07) is 63.0. The topological polar surface area (TPSA) is 38.7 Å². The third-order valence-corrected chi connectivity index (χ3v) is 11.2. The molecule has 0 bridgehead atoms. The Morgan fingerprint density at radius 2 is 0.692 bits per heavy atom. The molecule has 0 unspecified atom stereocenters. The zero-order chi connectivity index (χ0) is 34.9. The number of hydrogen-bond donors (Lipinski definition) is 0. The van der Waals surface area contributed by atoms with Crippen molar-refractivity contribution in [1.29, 1.82) is 0 Å². The van der Waals surface area contributed by atoms with Gasteiger partial charge in [0.05, 0.1) is 5.41 Å². The van der Waals surface area contributed by atoms with Crippen molar-refractivity contribution in [1.82, 2.24) is 15.0 Å². The van der Waals surface area contributed by atoms with E-state index in [0.717, 1.165) is 22.3 Å². The van der Waals surface area contributed by atoms with Crippen molar-refractivity contribution in [3.63, 3.8) is 0 Å². The van der Waals surface area contributed by atoms with Crippen LogP contribution in [0.1, 0.15) is 47.2 Å². The predicted octanol–water partition coefficient (Wildman–Crippen LogP) is 11.5. The Morgan fingerprint density at radius 3 is 1.29 bits per heavy atom. The monoisotopic (exact) mass is 665 g/mol. The molecule has 10 rings (SSSR count). The molecule has 8 aromatic rings. The lowest BCUT2D eigenvalue weighted by molar-refractivity contribution is 0.563. The minimum Gasteiger partial charge on any atom is -0.208 e. The number of nitrogens with zero attached hydrogens (tertiary/aromatic N) is 3. The predicted molar refractivity (Wildman–Crippen MR) is 211 cm³/mol. The highest BCUT2D eigenvalue weighted by Gasteiger charge is 2.53. The fraction of sp³-hybridized carbons (Fsp3) is 0.0816. The molecule has 0 radical (unpaired) electrons. The van der Waals surface area contributed by atoms with Crippen molar-refractivity contribution in [2.24, 2.45) is 0 Å². The van der Waals surface area contributed by atoms with Crippen LogP contribution in [0.4, 0.5) is 0 Å². The standard InChI is InChI=1S/C49H35N3/c1-48(2)41-21-11-13-23-43(41)49(44-24-14-12-22-42(44)48)39-20-10-9-19-37(39)38-31-36(29-30-40(38)49)47-51-45(34-17-7-4-8-18-34)50-46(52-47)35-27-25-33(26-28-35)32-15-5-3-6-16-32/h3-31H,1-2H3. The second kappa shape index (κ2) is 11.5. The Morgan fingerprint density at radius 1 is 0.308 bits per heavy atom. The van der Waals surface area contributed by atoms with Crippen molar-refractivity contribution in [2.45, 2.75) is 24.7 Å². The number of aromatic nitrogens is 3. The van der Waals surface area contributed by atoms with Crippen molar-refractivity contribution in [3.8, 4) is 56.4 Å². The van der Waals surface area contributed by atoms with Crippen LogP contribution in [-0.2, 0) is 10.8 Å². The van der Waals surface area contributed by atoms with Gasteiger partial charge in [0.15, 0.2) is 17.5 Å². The molecule has 7 aromatic carbocycles. The summed E-state index contributed by atoms with van der Waals surface area (Å²) in [6.07, 6.45) is 0. The van der Waals surface area contributed by atoms with Crippen LogP contribution >= 0.6 is 0 Å². The van der Waals surface area contributed by atoms with Gasteiger partial charge in [-0.2, -0.15) is 0 Å². The van der Waals surface area contributed by atoms with E-state index in [4.69, 9.17) is 15.0 Å². The molecule has 2 aliphatic rings. The molecule has 246 valence electrons. The van der Waals surface area contributed by atoms with Crippen molar-refractivity contribution in [2.75, 3.05) is 0 Å². The maximum atomic E-state index is 5.16. The molecule has 1 spiro atoms. The molecule has 0 saturated heterocycles. The molecule has 0 N–H and O–H groups in total. The molecule has 1 aromatic heterocycles. The molecule has 3 nitrogen and oxygen atoms in total. The van der Waals surface area contributed by atoms with E-state index < -0.39 is 5.41 Å². The van der Waals surface area contributed by atoms with Gasteiger partial charge in [0.2, 0.25) is 0 Å². The SMILES string of the molecule is CC1(C)c2ccccc2C2(c3ccccc3-c3cc(-c4nc(-c5ccccc5)nc(-c5ccc(-c6ccccc6)cc5)n4)ccc32)c2ccccc21. The molecule has 0 aliphatic heterocycles. The first-order valence-corrected chi connectivity index (χ1v) is 18.0. The summed E-state index contributed by atoms with van der Waals surface area (Å²) in [5.74, 6) is 1.96. The second-order valence-electron chi connectivity index (χ2n) is 14.4. The molecule has 1 heterocycles. The second-order valence-corrected chi connectivity index (χ2v) is 14.4. The summed E-state index contributed by atoms with van der Waals surface area (Å²) in [5, 5.41) is 0. The van der Waals surface area contributed by atoms with E-state index in [1.54, 1.807) is 0 Å². The molecular weight excluding hydrogens is 631 g/mol. The molecular formula is C49H35N3. The quantitative estimate of drug-likeness (QED) is 0.188. The first kappa shape index (κ1) is 30.4. The lowest BCUT2D eigenvalue weighted by Gasteiger charge is -2.46. The average Bonchev–Trinajstić information content (AvgIpc) is 3.51. The normalized spacial score (nSPS) is 14.3. The Kier molecular flexibility index (Phi) is 6.74. The van der Waals surface area contributed by atoms with Crippen LogP contribution < -0.4 is 0 Å². The first-order chi connectivity index (χ1) is 25.5. The van der Waals surface area contributed by atoms with Gasteiger partial charge < -0.3 is 0 Å². The van der Waals surface area contributed by atoms with Crippen LogP contribution in [-0.4, -0.2) is 15.0 Å². The fourth-order valence-electron chi connectivity index (χ4n) is 8.80. The zero-order valence-electron chi connectivity index (χ0n) is 29.1. The van der Waals surface area contributed by atoms with E-state index in [2.05, 4.69) is 166 Å². The molecule has 0 amide bonds. The Balaban J connectivity index is 1.18. The zero-order valence-corrected chi connectivity index (χ0v) is 29.1. The van der Waals surface area contributed by atoms with Crippen molar-refractivity contribution in [3.05, 3.63) is 209 Å². The molecule has 2 aliphatic carbocycles. The summed E-state index contributed by atoms with van der Waals surface area (Å²) >= 11 is 0. The highest BCUT2D eigenvalue weighted by atomic mass is 15.0. The van der Waals surface area contributed by atoms with Gasteiger partial charge in [0, 0.05) is 22.1 Å². The lowest BCUT2D eigenvalue weighted by atomic mass is 9.55. The van der Waals surface area contributed by atoms with E-state index in [-0.39, 0.29) is 5.41 Å². The van der Waals surface area contributed by atoms with Crippen LogP contribution in [0.5, 0.6) is 0 Å². The van der Waals surface area contributed by atoms with Gasteiger partial charge >= 0.3 is 0 Å². The van der Waals surface area contributed by atoms with Gasteiger partial charge in [-0.1, -0.05) is 184 Å². The highest BCUT2D eigenvalue weighted by molar-refractivity contribution is 5.90. The van der Waals surface area contributed by atoms with Gasteiger partial charge in [-0.3, -0.25) is 0 Å². The van der Waals surface area contributed by atoms with Crippen LogP contribution in [0.15, 0.2) is 176 Å². The summed E-state index contributed by atoms with van der Waals surface area (Å²) in [6.45, 7) is 4.72. The minimum atomic E-state index is -0.437. The first-order valence-electron chi connectivity index (χ1n) is 18.0. The van der Waals surface area contributed by atoms with Gasteiger partial charge in [-0.15, -0.1) is 0 Å². The van der Waals surface area contributed by atoms with Crippen LogP contribution in [0.25, 0.3) is 56.4 Å². The molecule has 0 atom stereocenters. The van der Waals surface area contributed by atoms with E-state index in [1.165, 1.54) is 50.1 Å². The number of fused-ring (bicyclic) bond motifs is 9. The third kappa shape index (κ3) is 4.42. The Bertz CT molecular complexity index is 2590. The Hall–Kier alpha value is -6.45. The highest BCUT2D eigenvalue weighted by Crippen LogP contribution is 2.62. The van der Waals surface area contributed by atoms with Gasteiger partial charge in [-0.25, -0.2) is 15.0 Å². The maximum Gasteiger partial charge on any atom is 0.164 e. The molecule has 52 heavy (non-hydrogen) atoms. The summed E-state index contributed by atoms with van der Waals surface area (Å²) in [7, 11) is 0. The third-order valence-electron chi connectivity index (χ3n) is 11.2. The van der Waals surface area contributed by atoms with Gasteiger partial charge in [-0.05, 0) is 61.7 Å². The summed E-state index contributed by atoms with van der Waals surface area (Å²) in [5.41, 5.74) is 15.1. The van der Waals surface area contributed by atoms with Crippen LogP contribution in [0.3, 0.4) is 0 Å². The Labute approximate surface area is 304 Å². The number of hydrogen-bond acceptors (Lipinski definition) is 3. The molecule has 3 heteroatoms. The van der Waals surface area contributed by atoms with E-state index in [1.807, 2.05) is 24.3 Å². The van der Waals surface area contributed by atoms with Crippen molar-refractivity contribution < 1.29 is 0 Å². The fourth-order valence-corrected chi connectivity index (χ4v) is 8.80. The van der Waals surface area contributed by atoms with E-state index in [9.17, 15) is 0 Å². The largest absolute Gasteiger partial charge is 0.208 e. The van der Waals surface area contributed by atoms with Gasteiger partial charge in [0.1, 0.15) is 0 Å². The summed E-state index contributed by atoms with van der Waals surface area (Å²) in [4.78, 5) is 15.3. The van der Waals surface area contributed by atoms with E-state index in [0.29, 0.717) is 17.5 Å². The maximum absolute atomic E-state index is 5.16. The number of benzene rings is 7. The number of rotatable bonds is 4. The average molecular weight is 666 g/mol. The van der Waals surface area contributed by atoms with Crippen molar-refractivity contribution >= 4 is 0 Å². The minimum absolute atomic E-state index is 0.134. The van der Waals surface area contributed by atoms with E-state index >= 15 is 0 Å². The smallest absolute Gasteiger partial charge is 0.164 e. The van der Waals surface area contributed by atoms with Gasteiger partial charge in [0.25, 0.3) is 0 Å². The van der Waals surface area contributed by atoms with Crippen LogP contribution in [0, 0.1) is 0 Å².